The number of ketones is 1. The second-order valence-electron chi connectivity index (χ2n) is 3.34. The minimum absolute atomic E-state index is 0.0788. The molecule has 2 aromatic rings. The van der Waals surface area contributed by atoms with Crippen LogP contribution >= 0.6 is 22.6 Å². The summed E-state index contributed by atoms with van der Waals surface area (Å²) in [6.45, 7) is 0.299. The molecule has 15 heavy (non-hydrogen) atoms. The van der Waals surface area contributed by atoms with Crippen molar-refractivity contribution in [3.05, 3.63) is 40.0 Å². The molecule has 5 heteroatoms. The van der Waals surface area contributed by atoms with E-state index in [-0.39, 0.29) is 5.78 Å². The molecule has 78 valence electrons. The van der Waals surface area contributed by atoms with E-state index >= 15 is 0 Å². The summed E-state index contributed by atoms with van der Waals surface area (Å²) in [6.07, 6.45) is 7.26. The van der Waals surface area contributed by atoms with Crippen LogP contribution in [0.3, 0.4) is 0 Å². The second-order valence-corrected chi connectivity index (χ2v) is 4.59. The lowest BCUT2D eigenvalue weighted by molar-refractivity contribution is 0.0967. The average molecular weight is 315 g/mol. The zero-order valence-electron chi connectivity index (χ0n) is 8.22. The van der Waals surface area contributed by atoms with E-state index in [1.165, 1.54) is 0 Å². The van der Waals surface area contributed by atoms with Crippen molar-refractivity contribution in [2.75, 3.05) is 0 Å². The Kier molecular flexibility index (Phi) is 2.90. The first-order chi connectivity index (χ1) is 7.15. The third-order valence-electron chi connectivity index (χ3n) is 2.06. The Morgan fingerprint density at radius 3 is 2.87 bits per heavy atom. The molecule has 0 fully saturated rings. The van der Waals surface area contributed by atoms with Gasteiger partial charge in [-0.05, 0) is 28.7 Å². The molecule has 0 aliphatic carbocycles. The maximum Gasteiger partial charge on any atom is 0.185 e. The molecular formula is C10H10IN3O. The van der Waals surface area contributed by atoms with Crippen molar-refractivity contribution < 1.29 is 4.79 Å². The monoisotopic (exact) mass is 315 g/mol. The molecule has 0 saturated carbocycles. The van der Waals surface area contributed by atoms with E-state index in [1.54, 1.807) is 10.9 Å². The Morgan fingerprint density at radius 2 is 2.33 bits per heavy atom. The lowest BCUT2D eigenvalue weighted by Gasteiger charge is -1.98. The molecule has 0 unspecified atom stereocenters. The molecule has 0 radical (unpaired) electrons. The summed E-state index contributed by atoms with van der Waals surface area (Å²) >= 11 is 2.17. The number of aryl methyl sites for hydroxylation is 1. The molecule has 2 heterocycles. The van der Waals surface area contributed by atoms with Crippen molar-refractivity contribution in [1.29, 1.82) is 0 Å². The molecule has 2 rings (SSSR count). The zero-order chi connectivity index (χ0) is 10.8. The molecule has 0 aliphatic rings. The molecule has 0 spiro atoms. The van der Waals surface area contributed by atoms with Gasteiger partial charge >= 0.3 is 0 Å². The van der Waals surface area contributed by atoms with E-state index in [0.717, 1.165) is 9.13 Å². The van der Waals surface area contributed by atoms with Crippen LogP contribution in [0.1, 0.15) is 10.4 Å². The van der Waals surface area contributed by atoms with E-state index < -0.39 is 0 Å². The number of Topliss-reactive ketones (excluding diaryl/α,β-unsaturated/α-hetero) is 1. The number of carbonyl (C=O) groups excluding carboxylic acids is 1. The first-order valence-electron chi connectivity index (χ1n) is 4.48. The van der Waals surface area contributed by atoms with Crippen molar-refractivity contribution in [3.63, 3.8) is 0 Å². The van der Waals surface area contributed by atoms with Gasteiger partial charge in [0.25, 0.3) is 0 Å². The number of aromatic nitrogens is 3. The van der Waals surface area contributed by atoms with Crippen LogP contribution in [-0.2, 0) is 13.6 Å². The van der Waals surface area contributed by atoms with Gasteiger partial charge in [0.1, 0.15) is 6.54 Å². The maximum absolute atomic E-state index is 11.8. The molecule has 4 nitrogen and oxygen atoms in total. The molecular weight excluding hydrogens is 305 g/mol. The van der Waals surface area contributed by atoms with E-state index in [0.29, 0.717) is 6.54 Å². The van der Waals surface area contributed by atoms with Gasteiger partial charge in [0.15, 0.2) is 5.78 Å². The Hall–Kier alpha value is -1.11. The maximum atomic E-state index is 11.8. The van der Waals surface area contributed by atoms with E-state index in [2.05, 4.69) is 27.7 Å². The summed E-state index contributed by atoms with van der Waals surface area (Å²) in [5.41, 5.74) is 0.725. The number of nitrogens with zero attached hydrogens (tertiary/aromatic N) is 3. The second kappa shape index (κ2) is 4.18. The lowest BCUT2D eigenvalue weighted by atomic mass is 10.2. The van der Waals surface area contributed by atoms with Gasteiger partial charge < -0.3 is 4.57 Å². The van der Waals surface area contributed by atoms with Crippen molar-refractivity contribution in [2.45, 2.75) is 6.54 Å². The van der Waals surface area contributed by atoms with Gasteiger partial charge in [-0.2, -0.15) is 5.10 Å². The Morgan fingerprint density at radius 1 is 1.53 bits per heavy atom. The predicted octanol–water partition coefficient (Wildman–Crippen LogP) is 1.71. The molecule has 0 atom stereocenters. The number of hydrogen-bond acceptors (Lipinski definition) is 2. The van der Waals surface area contributed by atoms with Gasteiger partial charge in [0, 0.05) is 31.2 Å². The molecule has 0 bridgehead atoms. The van der Waals surface area contributed by atoms with Crippen molar-refractivity contribution >= 4 is 28.4 Å². The third kappa shape index (κ3) is 2.47. The fraction of sp³-hybridized carbons (Fsp3) is 0.200. The van der Waals surface area contributed by atoms with Crippen LogP contribution in [0, 0.1) is 3.57 Å². The van der Waals surface area contributed by atoms with Gasteiger partial charge in [-0.1, -0.05) is 0 Å². The predicted molar refractivity (Wildman–Crippen MR) is 64.7 cm³/mol. The summed E-state index contributed by atoms with van der Waals surface area (Å²) in [5.74, 6) is 0.0788. The summed E-state index contributed by atoms with van der Waals surface area (Å²) in [7, 11) is 1.90. The highest BCUT2D eigenvalue weighted by Gasteiger charge is 2.08. The quantitative estimate of drug-likeness (QED) is 0.639. The van der Waals surface area contributed by atoms with E-state index in [1.807, 2.05) is 36.3 Å². The highest BCUT2D eigenvalue weighted by molar-refractivity contribution is 14.1. The Bertz CT molecular complexity index is 486. The molecule has 2 aromatic heterocycles. The topological polar surface area (TPSA) is 39.8 Å². The zero-order valence-corrected chi connectivity index (χ0v) is 10.4. The van der Waals surface area contributed by atoms with Gasteiger partial charge in [0.05, 0.1) is 9.77 Å². The SMILES string of the molecule is Cn1ccc(C(=O)Cn2cc(I)cn2)c1. The molecule has 0 saturated heterocycles. The summed E-state index contributed by atoms with van der Waals surface area (Å²) in [5, 5.41) is 4.07. The van der Waals surface area contributed by atoms with E-state index in [4.69, 9.17) is 0 Å². The third-order valence-corrected chi connectivity index (χ3v) is 2.62. The minimum Gasteiger partial charge on any atom is -0.357 e. The smallest absolute Gasteiger partial charge is 0.185 e. The first-order valence-corrected chi connectivity index (χ1v) is 5.56. The summed E-state index contributed by atoms with van der Waals surface area (Å²) < 4.78 is 4.55. The Labute approximate surface area is 101 Å². The van der Waals surface area contributed by atoms with Crippen LogP contribution < -0.4 is 0 Å². The molecule has 0 N–H and O–H groups in total. The number of halogens is 1. The van der Waals surface area contributed by atoms with Crippen LogP contribution in [0.2, 0.25) is 0 Å². The largest absolute Gasteiger partial charge is 0.357 e. The van der Waals surface area contributed by atoms with Gasteiger partial charge in [-0.3, -0.25) is 9.48 Å². The number of hydrogen-bond donors (Lipinski definition) is 0. The molecule has 0 aliphatic heterocycles. The fourth-order valence-corrected chi connectivity index (χ4v) is 1.78. The normalized spacial score (nSPS) is 10.5. The minimum atomic E-state index is 0.0788. The highest BCUT2D eigenvalue weighted by atomic mass is 127. The summed E-state index contributed by atoms with van der Waals surface area (Å²) in [4.78, 5) is 11.8. The van der Waals surface area contributed by atoms with Crippen LogP contribution in [0.5, 0.6) is 0 Å². The first kappa shape index (κ1) is 10.4. The molecule has 0 aromatic carbocycles. The van der Waals surface area contributed by atoms with Crippen molar-refractivity contribution in [1.82, 2.24) is 14.3 Å². The van der Waals surface area contributed by atoms with Gasteiger partial charge in [-0.25, -0.2) is 0 Å². The molecule has 0 amide bonds. The number of rotatable bonds is 3. The van der Waals surface area contributed by atoms with Crippen molar-refractivity contribution in [2.24, 2.45) is 7.05 Å². The van der Waals surface area contributed by atoms with Crippen LogP contribution in [0.15, 0.2) is 30.9 Å². The fourth-order valence-electron chi connectivity index (χ4n) is 1.33. The van der Waals surface area contributed by atoms with Crippen LogP contribution in [0.4, 0.5) is 0 Å². The average Bonchev–Trinajstić information content (AvgIpc) is 2.75. The van der Waals surface area contributed by atoms with Gasteiger partial charge in [0.2, 0.25) is 0 Å². The Balaban J connectivity index is 2.10. The van der Waals surface area contributed by atoms with Crippen LogP contribution in [-0.4, -0.2) is 20.1 Å². The number of carbonyl (C=O) groups is 1. The van der Waals surface area contributed by atoms with E-state index in [9.17, 15) is 4.79 Å². The highest BCUT2D eigenvalue weighted by Crippen LogP contribution is 2.05. The van der Waals surface area contributed by atoms with Crippen molar-refractivity contribution in [3.8, 4) is 0 Å². The van der Waals surface area contributed by atoms with Crippen LogP contribution in [0.25, 0.3) is 0 Å². The standard InChI is InChI=1S/C10H10IN3O/c1-13-3-2-8(5-13)10(15)7-14-6-9(11)4-12-14/h2-6H,7H2,1H3. The summed E-state index contributed by atoms with van der Waals surface area (Å²) in [6, 6.07) is 1.82. The lowest BCUT2D eigenvalue weighted by Crippen LogP contribution is -2.10. The van der Waals surface area contributed by atoms with Gasteiger partial charge in [-0.15, -0.1) is 0 Å².